The molecule has 0 bridgehead atoms. The normalized spacial score (nSPS) is 14.8. The summed E-state index contributed by atoms with van der Waals surface area (Å²) in [5, 5.41) is 8.66. The zero-order valence-corrected chi connectivity index (χ0v) is 30.0. The quantitative estimate of drug-likeness (QED) is 0.0809. The SMILES string of the molecule is CCOC(=O)c1c(NC(=O)C(C)Sc2cccc(NC(=O)/C(=C/c3ccc(Br)cc3)NC(=O)c3ccccc3)c2)sc2c1CCC(C)C2. The van der Waals surface area contributed by atoms with Crippen LogP contribution in [0.1, 0.15) is 63.9 Å². The summed E-state index contributed by atoms with van der Waals surface area (Å²) >= 11 is 6.21. The van der Waals surface area contributed by atoms with Gasteiger partial charge in [0.15, 0.2) is 0 Å². The van der Waals surface area contributed by atoms with Gasteiger partial charge < -0.3 is 20.7 Å². The molecule has 3 aromatic carbocycles. The second kappa shape index (κ2) is 16.3. The fraction of sp³-hybridized carbons (Fsp3) is 0.243. The van der Waals surface area contributed by atoms with E-state index in [2.05, 4.69) is 38.8 Å². The highest BCUT2D eigenvalue weighted by atomic mass is 79.9. The number of amides is 3. The van der Waals surface area contributed by atoms with Crippen LogP contribution in [0.5, 0.6) is 0 Å². The molecule has 1 aromatic heterocycles. The van der Waals surface area contributed by atoms with Crippen molar-refractivity contribution in [2.24, 2.45) is 5.92 Å². The van der Waals surface area contributed by atoms with Crippen LogP contribution in [0.25, 0.3) is 6.08 Å². The fourth-order valence-electron chi connectivity index (χ4n) is 5.24. The smallest absolute Gasteiger partial charge is 0.341 e. The van der Waals surface area contributed by atoms with Crippen molar-refractivity contribution < 1.29 is 23.9 Å². The zero-order valence-electron chi connectivity index (χ0n) is 26.8. The molecule has 2 atom stereocenters. The maximum absolute atomic E-state index is 13.5. The molecule has 1 aliphatic rings. The van der Waals surface area contributed by atoms with Crippen molar-refractivity contribution in [2.45, 2.75) is 50.2 Å². The molecule has 3 N–H and O–H groups in total. The van der Waals surface area contributed by atoms with Crippen LogP contribution in [0, 0.1) is 5.92 Å². The number of halogens is 1. The largest absolute Gasteiger partial charge is 0.462 e. The van der Waals surface area contributed by atoms with Crippen molar-refractivity contribution in [3.8, 4) is 0 Å². The number of hydrogen-bond acceptors (Lipinski definition) is 7. The Hall–Kier alpha value is -4.19. The topological polar surface area (TPSA) is 114 Å². The van der Waals surface area contributed by atoms with E-state index in [9.17, 15) is 19.2 Å². The van der Waals surface area contributed by atoms with E-state index in [-0.39, 0.29) is 18.2 Å². The maximum Gasteiger partial charge on any atom is 0.341 e. The average Bonchev–Trinajstić information content (AvgIpc) is 3.42. The van der Waals surface area contributed by atoms with Crippen molar-refractivity contribution in [1.29, 1.82) is 0 Å². The van der Waals surface area contributed by atoms with Gasteiger partial charge in [-0.3, -0.25) is 14.4 Å². The third-order valence-corrected chi connectivity index (χ3v) is 10.5. The zero-order chi connectivity index (χ0) is 34.2. The Morgan fingerprint density at radius 3 is 2.50 bits per heavy atom. The number of carbonyl (C=O) groups is 4. The molecule has 0 radical (unpaired) electrons. The highest BCUT2D eigenvalue weighted by Gasteiger charge is 2.30. The Morgan fingerprint density at radius 1 is 1.02 bits per heavy atom. The maximum atomic E-state index is 13.5. The summed E-state index contributed by atoms with van der Waals surface area (Å²) in [7, 11) is 0. The van der Waals surface area contributed by atoms with Gasteiger partial charge in [0, 0.05) is 25.5 Å². The average molecular weight is 747 g/mol. The van der Waals surface area contributed by atoms with Gasteiger partial charge in [0.2, 0.25) is 5.91 Å². The number of carbonyl (C=O) groups excluding carboxylic acids is 4. The molecule has 0 fully saturated rings. The van der Waals surface area contributed by atoms with Crippen LogP contribution in [0.15, 0.2) is 93.9 Å². The number of benzene rings is 3. The lowest BCUT2D eigenvalue weighted by atomic mass is 9.88. The number of esters is 1. The second-order valence-electron chi connectivity index (χ2n) is 11.4. The Labute approximate surface area is 296 Å². The van der Waals surface area contributed by atoms with E-state index in [0.717, 1.165) is 44.6 Å². The lowest BCUT2D eigenvalue weighted by Crippen LogP contribution is -2.30. The summed E-state index contributed by atoms with van der Waals surface area (Å²) in [6.45, 7) is 6.02. The molecule has 248 valence electrons. The number of ether oxygens (including phenoxy) is 1. The predicted octanol–water partition coefficient (Wildman–Crippen LogP) is 8.34. The van der Waals surface area contributed by atoms with Crippen molar-refractivity contribution in [3.63, 3.8) is 0 Å². The third kappa shape index (κ3) is 9.03. The number of fused-ring (bicyclic) bond motifs is 1. The summed E-state index contributed by atoms with van der Waals surface area (Å²) in [5.74, 6) is -1.04. The molecular weight excluding hydrogens is 710 g/mol. The lowest BCUT2D eigenvalue weighted by molar-refractivity contribution is -0.115. The van der Waals surface area contributed by atoms with Gasteiger partial charge in [-0.2, -0.15) is 0 Å². The van der Waals surface area contributed by atoms with Gasteiger partial charge in [-0.15, -0.1) is 23.1 Å². The van der Waals surface area contributed by atoms with E-state index >= 15 is 0 Å². The molecule has 0 saturated heterocycles. The van der Waals surface area contributed by atoms with Crippen LogP contribution in [0.4, 0.5) is 10.7 Å². The summed E-state index contributed by atoms with van der Waals surface area (Å²) in [6.07, 6.45) is 4.27. The van der Waals surface area contributed by atoms with Crippen molar-refractivity contribution >= 4 is 79.5 Å². The number of hydrogen-bond donors (Lipinski definition) is 3. The van der Waals surface area contributed by atoms with Crippen LogP contribution in [-0.2, 0) is 27.2 Å². The van der Waals surface area contributed by atoms with Gasteiger partial charge in [0.1, 0.15) is 10.7 Å². The van der Waals surface area contributed by atoms with E-state index in [1.165, 1.54) is 23.1 Å². The van der Waals surface area contributed by atoms with E-state index < -0.39 is 23.0 Å². The predicted molar refractivity (Wildman–Crippen MR) is 197 cm³/mol. The molecule has 4 aromatic rings. The molecule has 0 aliphatic heterocycles. The molecule has 8 nitrogen and oxygen atoms in total. The summed E-state index contributed by atoms with van der Waals surface area (Å²) in [5.41, 5.74) is 3.19. The summed E-state index contributed by atoms with van der Waals surface area (Å²) in [4.78, 5) is 54.7. The molecular formula is C37H36BrN3O5S2. The molecule has 2 unspecified atom stereocenters. The summed E-state index contributed by atoms with van der Waals surface area (Å²) < 4.78 is 6.24. The minimum absolute atomic E-state index is 0.0717. The lowest BCUT2D eigenvalue weighted by Gasteiger charge is -2.18. The first-order chi connectivity index (χ1) is 23.1. The Balaban J connectivity index is 1.29. The van der Waals surface area contributed by atoms with Gasteiger partial charge in [-0.1, -0.05) is 59.3 Å². The molecule has 1 aliphatic carbocycles. The number of thioether (sulfide) groups is 1. The minimum atomic E-state index is -0.512. The van der Waals surface area contributed by atoms with Crippen LogP contribution in [0.2, 0.25) is 0 Å². The first-order valence-electron chi connectivity index (χ1n) is 15.7. The van der Waals surface area contributed by atoms with Crippen LogP contribution >= 0.6 is 39.0 Å². The van der Waals surface area contributed by atoms with Crippen LogP contribution in [0.3, 0.4) is 0 Å². The standard InChI is InChI=1S/C37H36BrN3O5S2/c1-4-46-37(45)32-29-18-13-22(2)19-31(29)48-36(32)41-33(42)23(3)47-28-12-8-11-27(21-28)39-35(44)30(20-24-14-16-26(38)17-15-24)40-34(43)25-9-6-5-7-10-25/h5-12,14-17,20-23H,4,13,18-19H2,1-3H3,(H,39,44)(H,40,43)(H,41,42)/b30-20-. The number of nitrogens with one attached hydrogen (secondary N) is 3. The number of rotatable bonds is 11. The van der Waals surface area contributed by atoms with Gasteiger partial charge >= 0.3 is 5.97 Å². The van der Waals surface area contributed by atoms with Crippen molar-refractivity contribution in [3.05, 3.63) is 116 Å². The molecule has 3 amide bonds. The molecule has 1 heterocycles. The highest BCUT2D eigenvalue weighted by molar-refractivity contribution is 9.10. The minimum Gasteiger partial charge on any atom is -0.462 e. The Kier molecular flexibility index (Phi) is 11.9. The van der Waals surface area contributed by atoms with Crippen LogP contribution in [-0.4, -0.2) is 35.5 Å². The van der Waals surface area contributed by atoms with E-state index in [4.69, 9.17) is 4.74 Å². The number of thiophene rings is 1. The van der Waals surface area contributed by atoms with E-state index in [1.54, 1.807) is 62.4 Å². The van der Waals surface area contributed by atoms with Gasteiger partial charge in [-0.25, -0.2) is 4.79 Å². The number of anilines is 2. The molecule has 11 heteroatoms. The molecule has 0 spiro atoms. The van der Waals surface area contributed by atoms with E-state index in [0.29, 0.717) is 27.7 Å². The third-order valence-electron chi connectivity index (χ3n) is 7.71. The first-order valence-corrected chi connectivity index (χ1v) is 18.1. The monoisotopic (exact) mass is 745 g/mol. The molecule has 5 rings (SSSR count). The Bertz CT molecular complexity index is 1840. The second-order valence-corrected chi connectivity index (χ2v) is 14.9. The van der Waals surface area contributed by atoms with Crippen molar-refractivity contribution in [2.75, 3.05) is 17.2 Å². The van der Waals surface area contributed by atoms with Crippen LogP contribution < -0.4 is 16.0 Å². The molecule has 0 saturated carbocycles. The van der Waals surface area contributed by atoms with Gasteiger partial charge in [0.25, 0.3) is 11.8 Å². The fourth-order valence-corrected chi connectivity index (χ4v) is 7.84. The van der Waals surface area contributed by atoms with E-state index in [1.807, 2.05) is 36.4 Å². The van der Waals surface area contributed by atoms with Crippen molar-refractivity contribution in [1.82, 2.24) is 5.32 Å². The highest BCUT2D eigenvalue weighted by Crippen LogP contribution is 2.40. The van der Waals surface area contributed by atoms with Gasteiger partial charge in [0.05, 0.1) is 17.4 Å². The Morgan fingerprint density at radius 2 is 1.77 bits per heavy atom. The van der Waals surface area contributed by atoms with Gasteiger partial charge in [-0.05, 0) is 98.7 Å². The molecule has 48 heavy (non-hydrogen) atoms. The first kappa shape index (κ1) is 35.1. The summed E-state index contributed by atoms with van der Waals surface area (Å²) in [6, 6.07) is 23.2.